The highest BCUT2D eigenvalue weighted by Crippen LogP contribution is 2.11. The molecule has 0 heterocycles. The summed E-state index contributed by atoms with van der Waals surface area (Å²) in [5, 5.41) is 14.9. The molecule has 0 bridgehead atoms. The SMILES string of the molecule is C#CC(CC)NCc1ccc(/C(N)=N/O)cc1C. The molecule has 1 aromatic rings. The summed E-state index contributed by atoms with van der Waals surface area (Å²) < 4.78 is 0. The van der Waals surface area contributed by atoms with Crippen LogP contribution in [0.4, 0.5) is 0 Å². The lowest BCUT2D eigenvalue weighted by atomic mass is 10.0. The topological polar surface area (TPSA) is 70.6 Å². The van der Waals surface area contributed by atoms with Gasteiger partial charge in [0, 0.05) is 12.1 Å². The molecule has 4 nitrogen and oxygen atoms in total. The normalized spacial score (nSPS) is 13.1. The number of amidine groups is 1. The van der Waals surface area contributed by atoms with E-state index in [1.807, 2.05) is 32.0 Å². The third-order valence-corrected chi connectivity index (χ3v) is 2.89. The first-order chi connectivity index (χ1) is 8.62. The molecule has 1 rings (SSSR count). The van der Waals surface area contributed by atoms with Crippen molar-refractivity contribution in [2.24, 2.45) is 10.9 Å². The van der Waals surface area contributed by atoms with Gasteiger partial charge in [-0.05, 0) is 30.5 Å². The molecule has 0 saturated heterocycles. The van der Waals surface area contributed by atoms with Gasteiger partial charge in [-0.1, -0.05) is 30.1 Å². The molecule has 96 valence electrons. The van der Waals surface area contributed by atoms with Crippen LogP contribution >= 0.6 is 0 Å². The largest absolute Gasteiger partial charge is 0.409 e. The van der Waals surface area contributed by atoms with Crippen molar-refractivity contribution in [3.8, 4) is 12.3 Å². The highest BCUT2D eigenvalue weighted by Gasteiger charge is 2.05. The van der Waals surface area contributed by atoms with Crippen LogP contribution in [0.15, 0.2) is 23.4 Å². The quantitative estimate of drug-likeness (QED) is 0.242. The zero-order valence-corrected chi connectivity index (χ0v) is 10.8. The lowest BCUT2D eigenvalue weighted by molar-refractivity contribution is 0.318. The van der Waals surface area contributed by atoms with Crippen molar-refractivity contribution in [3.05, 3.63) is 34.9 Å². The standard InChI is InChI=1S/C14H19N3O/c1-4-13(5-2)16-9-12-7-6-11(8-10(12)3)14(15)17-18/h1,6-8,13,16,18H,5,9H2,2-3H3,(H2,15,17). The predicted molar refractivity (Wildman–Crippen MR) is 73.4 cm³/mol. The molecule has 1 aromatic carbocycles. The lowest BCUT2D eigenvalue weighted by Crippen LogP contribution is -2.26. The van der Waals surface area contributed by atoms with Gasteiger partial charge in [0.05, 0.1) is 6.04 Å². The minimum absolute atomic E-state index is 0.0909. The highest BCUT2D eigenvalue weighted by atomic mass is 16.4. The van der Waals surface area contributed by atoms with Gasteiger partial charge in [0.2, 0.25) is 0 Å². The molecule has 4 heteroatoms. The van der Waals surface area contributed by atoms with Crippen molar-refractivity contribution in [1.29, 1.82) is 0 Å². The average Bonchev–Trinajstić information content (AvgIpc) is 2.40. The second-order valence-corrected chi connectivity index (χ2v) is 4.13. The number of terminal acetylenes is 1. The van der Waals surface area contributed by atoms with Crippen molar-refractivity contribution in [1.82, 2.24) is 5.32 Å². The van der Waals surface area contributed by atoms with Gasteiger partial charge in [-0.3, -0.25) is 5.32 Å². The van der Waals surface area contributed by atoms with Gasteiger partial charge in [0.25, 0.3) is 0 Å². The fourth-order valence-electron chi connectivity index (χ4n) is 1.67. The zero-order chi connectivity index (χ0) is 13.5. The third kappa shape index (κ3) is 3.51. The summed E-state index contributed by atoms with van der Waals surface area (Å²) in [7, 11) is 0. The summed E-state index contributed by atoms with van der Waals surface area (Å²) in [6.07, 6.45) is 6.30. The summed E-state index contributed by atoms with van der Waals surface area (Å²) >= 11 is 0. The number of nitrogens with one attached hydrogen (secondary N) is 1. The highest BCUT2D eigenvalue weighted by molar-refractivity contribution is 5.97. The van der Waals surface area contributed by atoms with Crippen LogP contribution in [0, 0.1) is 19.3 Å². The van der Waals surface area contributed by atoms with Crippen LogP contribution in [0.2, 0.25) is 0 Å². The average molecular weight is 245 g/mol. The first-order valence-electron chi connectivity index (χ1n) is 5.89. The molecule has 0 aromatic heterocycles. The first kappa shape index (κ1) is 14.1. The van der Waals surface area contributed by atoms with Gasteiger partial charge in [0.1, 0.15) is 0 Å². The Labute approximate surface area is 108 Å². The van der Waals surface area contributed by atoms with Crippen LogP contribution in [-0.4, -0.2) is 17.1 Å². The van der Waals surface area contributed by atoms with E-state index in [0.29, 0.717) is 12.1 Å². The van der Waals surface area contributed by atoms with Gasteiger partial charge in [-0.25, -0.2) is 0 Å². The van der Waals surface area contributed by atoms with Crippen molar-refractivity contribution in [2.75, 3.05) is 0 Å². The maximum Gasteiger partial charge on any atom is 0.170 e. The summed E-state index contributed by atoms with van der Waals surface area (Å²) in [6.45, 7) is 4.75. The number of hydrogen-bond donors (Lipinski definition) is 3. The van der Waals surface area contributed by atoms with Gasteiger partial charge < -0.3 is 10.9 Å². The molecular formula is C14H19N3O. The van der Waals surface area contributed by atoms with Crippen LogP contribution in [0.3, 0.4) is 0 Å². The number of nitrogens with two attached hydrogens (primary N) is 1. The van der Waals surface area contributed by atoms with E-state index in [-0.39, 0.29) is 11.9 Å². The predicted octanol–water partition coefficient (Wildman–Crippen LogP) is 1.59. The zero-order valence-electron chi connectivity index (χ0n) is 10.8. The summed E-state index contributed by atoms with van der Waals surface area (Å²) in [4.78, 5) is 0. The summed E-state index contributed by atoms with van der Waals surface area (Å²) in [5.74, 6) is 2.82. The molecule has 18 heavy (non-hydrogen) atoms. The Kier molecular flexibility index (Phi) is 5.22. The molecule has 0 aliphatic carbocycles. The molecule has 0 saturated carbocycles. The summed E-state index contributed by atoms with van der Waals surface area (Å²) in [6, 6.07) is 5.77. The van der Waals surface area contributed by atoms with Gasteiger partial charge >= 0.3 is 0 Å². The minimum Gasteiger partial charge on any atom is -0.409 e. The summed E-state index contributed by atoms with van der Waals surface area (Å²) in [5.41, 5.74) is 8.48. The number of nitrogens with zero attached hydrogens (tertiary/aromatic N) is 1. The van der Waals surface area contributed by atoms with Crippen LogP contribution in [0.5, 0.6) is 0 Å². The molecule has 0 spiro atoms. The molecule has 0 aliphatic rings. The molecule has 1 atom stereocenters. The Bertz CT molecular complexity index is 474. The first-order valence-corrected chi connectivity index (χ1v) is 5.89. The third-order valence-electron chi connectivity index (χ3n) is 2.89. The van der Waals surface area contributed by atoms with Crippen molar-refractivity contribution >= 4 is 5.84 Å². The number of benzene rings is 1. The van der Waals surface area contributed by atoms with Crippen molar-refractivity contribution in [3.63, 3.8) is 0 Å². The molecule has 0 amide bonds. The van der Waals surface area contributed by atoms with Crippen LogP contribution < -0.4 is 11.1 Å². The van der Waals surface area contributed by atoms with E-state index in [0.717, 1.165) is 17.5 Å². The van der Waals surface area contributed by atoms with Gasteiger partial charge in [-0.15, -0.1) is 6.42 Å². The minimum atomic E-state index is 0.0909. The van der Waals surface area contributed by atoms with E-state index in [4.69, 9.17) is 17.4 Å². The Morgan fingerprint density at radius 3 is 2.83 bits per heavy atom. The fraction of sp³-hybridized carbons (Fsp3) is 0.357. The second-order valence-electron chi connectivity index (χ2n) is 4.13. The van der Waals surface area contributed by atoms with E-state index in [9.17, 15) is 0 Å². The molecular weight excluding hydrogens is 226 g/mol. The van der Waals surface area contributed by atoms with E-state index in [1.54, 1.807) is 0 Å². The second kappa shape index (κ2) is 6.67. The Hall–Kier alpha value is -1.99. The van der Waals surface area contributed by atoms with Crippen molar-refractivity contribution in [2.45, 2.75) is 32.9 Å². The molecule has 0 fully saturated rings. The van der Waals surface area contributed by atoms with E-state index in [1.165, 1.54) is 0 Å². The Morgan fingerprint density at radius 1 is 1.61 bits per heavy atom. The number of hydrogen-bond acceptors (Lipinski definition) is 3. The molecule has 0 radical (unpaired) electrons. The monoisotopic (exact) mass is 245 g/mol. The maximum atomic E-state index is 8.62. The van der Waals surface area contributed by atoms with E-state index >= 15 is 0 Å². The van der Waals surface area contributed by atoms with Crippen LogP contribution in [0.1, 0.15) is 30.0 Å². The van der Waals surface area contributed by atoms with Gasteiger partial charge in [-0.2, -0.15) is 0 Å². The smallest absolute Gasteiger partial charge is 0.170 e. The molecule has 4 N–H and O–H groups in total. The maximum absolute atomic E-state index is 8.62. The van der Waals surface area contributed by atoms with Gasteiger partial charge in [0.15, 0.2) is 5.84 Å². The van der Waals surface area contributed by atoms with E-state index < -0.39 is 0 Å². The van der Waals surface area contributed by atoms with Crippen molar-refractivity contribution < 1.29 is 5.21 Å². The van der Waals surface area contributed by atoms with E-state index in [2.05, 4.69) is 16.4 Å². The fourth-order valence-corrected chi connectivity index (χ4v) is 1.67. The Balaban J connectivity index is 2.78. The number of aryl methyl sites for hydroxylation is 1. The molecule has 0 aliphatic heterocycles. The van der Waals surface area contributed by atoms with Crippen LogP contribution in [0.25, 0.3) is 0 Å². The van der Waals surface area contributed by atoms with Crippen LogP contribution in [-0.2, 0) is 6.54 Å². The number of oxime groups is 1. The molecule has 1 unspecified atom stereocenters. The lowest BCUT2D eigenvalue weighted by Gasteiger charge is -2.13. The number of rotatable bonds is 5. The Morgan fingerprint density at radius 2 is 2.33 bits per heavy atom.